The molecule has 2 aromatic heterocycles. The number of hydrogen-bond donors (Lipinski definition) is 1. The van der Waals surface area contributed by atoms with Gasteiger partial charge in [0.2, 0.25) is 0 Å². The summed E-state index contributed by atoms with van der Waals surface area (Å²) in [7, 11) is 0. The highest BCUT2D eigenvalue weighted by Crippen LogP contribution is 2.44. The second-order valence-electron chi connectivity index (χ2n) is 20.1. The number of phenolic OH excluding ortho intramolecular Hbond substituents is 1. The van der Waals surface area contributed by atoms with Crippen LogP contribution in [0.4, 0.5) is 0 Å². The largest absolute Gasteiger partial charge is 0.507 e. The quantitative estimate of drug-likeness (QED) is 0.157. The predicted molar refractivity (Wildman–Crippen MR) is 274 cm³/mol. The van der Waals surface area contributed by atoms with Crippen molar-refractivity contribution < 1.29 is 5.11 Å². The summed E-state index contributed by atoms with van der Waals surface area (Å²) in [6, 6.07) is 58.7. The lowest BCUT2D eigenvalue weighted by atomic mass is 9.83. The van der Waals surface area contributed by atoms with Gasteiger partial charge in [-0.1, -0.05) is 171 Å². The Morgan fingerprint density at radius 2 is 1.14 bits per heavy atom. The van der Waals surface area contributed by atoms with Gasteiger partial charge in [0.15, 0.2) is 0 Å². The highest BCUT2D eigenvalue weighted by molar-refractivity contribution is 5.98. The average Bonchev–Trinajstić information content (AvgIpc) is 3.69. The Morgan fingerprint density at radius 1 is 0.523 bits per heavy atom. The summed E-state index contributed by atoms with van der Waals surface area (Å²) in [5.41, 5.74) is 18.7. The minimum Gasteiger partial charge on any atom is -0.507 e. The van der Waals surface area contributed by atoms with Crippen LogP contribution < -0.4 is 0 Å². The molecule has 0 amide bonds. The predicted octanol–water partition coefficient (Wildman–Crippen LogP) is 16.2. The van der Waals surface area contributed by atoms with Crippen LogP contribution in [0.3, 0.4) is 0 Å². The Kier molecular flexibility index (Phi) is 11.4. The normalized spacial score (nSPS) is 12.0. The second kappa shape index (κ2) is 17.2. The van der Waals surface area contributed by atoms with Crippen molar-refractivity contribution in [3.63, 3.8) is 0 Å². The molecule has 0 atom stereocenters. The highest BCUT2D eigenvalue weighted by atomic mass is 16.3. The number of pyridine rings is 1. The number of aromatic nitrogens is 3. The minimum atomic E-state index is -0.149. The van der Waals surface area contributed by atoms with E-state index in [1.54, 1.807) is 0 Å². The zero-order valence-corrected chi connectivity index (χ0v) is 39.2. The van der Waals surface area contributed by atoms with E-state index in [1.165, 1.54) is 22.3 Å². The lowest BCUT2D eigenvalue weighted by Crippen LogP contribution is -2.12. The maximum absolute atomic E-state index is 12.1. The molecule has 0 radical (unpaired) electrons. The van der Waals surface area contributed by atoms with E-state index in [0.29, 0.717) is 17.3 Å². The van der Waals surface area contributed by atoms with Gasteiger partial charge in [0.25, 0.3) is 0 Å². The third-order valence-electron chi connectivity index (χ3n) is 12.6. The molecule has 2 heterocycles. The number of aryl methyl sites for hydroxylation is 1. The Bertz CT molecular complexity index is 3160. The van der Waals surface area contributed by atoms with Gasteiger partial charge >= 0.3 is 0 Å². The molecule has 65 heavy (non-hydrogen) atoms. The molecule has 9 aromatic rings. The maximum atomic E-state index is 12.1. The molecule has 0 unspecified atom stereocenters. The van der Waals surface area contributed by atoms with Gasteiger partial charge in [-0.2, -0.15) is 0 Å². The van der Waals surface area contributed by atoms with Crippen molar-refractivity contribution in [2.45, 2.75) is 79.6 Å². The molecule has 0 bridgehead atoms. The highest BCUT2D eigenvalue weighted by Gasteiger charge is 2.26. The van der Waals surface area contributed by atoms with Crippen LogP contribution in [-0.2, 0) is 17.3 Å². The Balaban J connectivity index is 1.26. The van der Waals surface area contributed by atoms with Crippen molar-refractivity contribution in [3.05, 3.63) is 192 Å². The maximum Gasteiger partial charge on any atom is 0.149 e. The number of nitrogens with zero attached hydrogens (tertiary/aromatic N) is 3. The third kappa shape index (κ3) is 8.78. The number of phenols is 1. The fourth-order valence-corrected chi connectivity index (χ4v) is 8.98. The van der Waals surface area contributed by atoms with E-state index in [4.69, 9.17) is 9.97 Å². The molecule has 0 spiro atoms. The molecule has 0 fully saturated rings. The van der Waals surface area contributed by atoms with Crippen molar-refractivity contribution in [2.24, 2.45) is 5.92 Å². The molecule has 0 saturated heterocycles. The van der Waals surface area contributed by atoms with Gasteiger partial charge in [-0.25, -0.2) is 4.98 Å². The topological polar surface area (TPSA) is 50.9 Å². The van der Waals surface area contributed by atoms with Crippen LogP contribution in [0.25, 0.3) is 83.9 Å². The number of para-hydroxylation sites is 1. The van der Waals surface area contributed by atoms with Crippen molar-refractivity contribution in [1.82, 2.24) is 14.5 Å². The van der Waals surface area contributed by atoms with Crippen LogP contribution >= 0.6 is 0 Å². The monoisotopic (exact) mass is 849 g/mol. The molecule has 9 rings (SSSR count). The van der Waals surface area contributed by atoms with Crippen LogP contribution in [0.15, 0.2) is 170 Å². The summed E-state index contributed by atoms with van der Waals surface area (Å²) >= 11 is 0. The van der Waals surface area contributed by atoms with Crippen molar-refractivity contribution in [3.8, 4) is 78.6 Å². The number of aromatic hydroxyl groups is 1. The van der Waals surface area contributed by atoms with Crippen LogP contribution in [0.5, 0.6) is 5.75 Å². The molecular formula is C61H59N3O. The molecule has 0 aliphatic carbocycles. The standard InChI is InChI=1S/C61H59N3O/c1-39(2)31-41-23-28-55(52(33-41)45-19-14-11-15-20-45)64-56-22-16-21-51(57(56)63-59(64)53-38-49(60(4,5)6)32-40(3)58(53)65)47-34-48(36-50(35-47)61(7,8)9)54-37-46(29-30-62-54)44-26-24-43(25-27-44)42-17-12-10-13-18-42/h10-30,32-39,65H,31H2,1-9H3. The molecule has 7 aromatic carbocycles. The number of benzene rings is 7. The first kappa shape index (κ1) is 43.2. The van der Waals surface area contributed by atoms with E-state index in [9.17, 15) is 5.11 Å². The van der Waals surface area contributed by atoms with Crippen LogP contribution in [0, 0.1) is 12.8 Å². The smallest absolute Gasteiger partial charge is 0.149 e. The first-order valence-electron chi connectivity index (χ1n) is 23.0. The van der Waals surface area contributed by atoms with Crippen molar-refractivity contribution in [2.75, 3.05) is 0 Å². The second-order valence-corrected chi connectivity index (χ2v) is 20.1. The zero-order chi connectivity index (χ0) is 45.6. The van der Waals surface area contributed by atoms with Crippen LogP contribution in [-0.4, -0.2) is 19.6 Å². The summed E-state index contributed by atoms with van der Waals surface area (Å²) in [5.74, 6) is 1.45. The molecule has 0 aliphatic rings. The Hall–Kier alpha value is -7.04. The van der Waals surface area contributed by atoms with Crippen LogP contribution in [0.2, 0.25) is 0 Å². The lowest BCUT2D eigenvalue weighted by Gasteiger charge is -2.22. The number of imidazole rings is 1. The fraction of sp³-hybridized carbons (Fsp3) is 0.213. The van der Waals surface area contributed by atoms with Gasteiger partial charge in [0.05, 0.1) is 28.0 Å². The SMILES string of the molecule is Cc1cc(C(C)(C)C)cc(-c2nc3c(-c4cc(-c5cc(-c6ccc(-c7ccccc7)cc6)ccn5)cc(C(C)(C)C)c4)cccc3n2-c2ccc(CC(C)C)cc2-c2ccccc2)c1O. The van der Waals surface area contributed by atoms with Crippen molar-refractivity contribution in [1.29, 1.82) is 0 Å². The first-order chi connectivity index (χ1) is 31.1. The first-order valence-corrected chi connectivity index (χ1v) is 23.0. The molecular weight excluding hydrogens is 791 g/mol. The zero-order valence-electron chi connectivity index (χ0n) is 39.2. The minimum absolute atomic E-state index is 0.146. The lowest BCUT2D eigenvalue weighted by molar-refractivity contribution is 0.471. The molecule has 0 saturated carbocycles. The molecule has 324 valence electrons. The van der Waals surface area contributed by atoms with Gasteiger partial charge in [0.1, 0.15) is 11.6 Å². The Labute approximate surface area is 385 Å². The third-order valence-corrected chi connectivity index (χ3v) is 12.6. The van der Waals surface area contributed by atoms with Gasteiger partial charge in [0, 0.05) is 22.9 Å². The van der Waals surface area contributed by atoms with E-state index in [1.807, 2.05) is 13.1 Å². The van der Waals surface area contributed by atoms with Gasteiger partial charge < -0.3 is 5.11 Å². The molecule has 1 N–H and O–H groups in total. The summed E-state index contributed by atoms with van der Waals surface area (Å²) in [5, 5.41) is 12.1. The average molecular weight is 850 g/mol. The summed E-state index contributed by atoms with van der Waals surface area (Å²) in [6.07, 6.45) is 2.89. The number of rotatable bonds is 9. The van der Waals surface area contributed by atoms with E-state index < -0.39 is 0 Å². The molecule has 0 aliphatic heterocycles. The Morgan fingerprint density at radius 3 is 1.80 bits per heavy atom. The molecule has 4 heteroatoms. The van der Waals surface area contributed by atoms with E-state index in [0.717, 1.165) is 78.9 Å². The summed E-state index contributed by atoms with van der Waals surface area (Å²) < 4.78 is 2.28. The van der Waals surface area contributed by atoms with Crippen LogP contribution in [0.1, 0.15) is 77.6 Å². The number of fused-ring (bicyclic) bond motifs is 1. The van der Waals surface area contributed by atoms with E-state index in [-0.39, 0.29) is 16.6 Å². The van der Waals surface area contributed by atoms with Gasteiger partial charge in [-0.05, 0) is 134 Å². The summed E-state index contributed by atoms with van der Waals surface area (Å²) in [4.78, 5) is 10.6. The number of hydrogen-bond acceptors (Lipinski definition) is 3. The van der Waals surface area contributed by atoms with Crippen molar-refractivity contribution >= 4 is 11.0 Å². The van der Waals surface area contributed by atoms with E-state index >= 15 is 0 Å². The summed E-state index contributed by atoms with van der Waals surface area (Å²) in [6.45, 7) is 20.0. The van der Waals surface area contributed by atoms with Gasteiger partial charge in [-0.3, -0.25) is 9.55 Å². The van der Waals surface area contributed by atoms with Gasteiger partial charge in [-0.15, -0.1) is 0 Å². The van der Waals surface area contributed by atoms with E-state index in [2.05, 4.69) is 224 Å². The molecule has 4 nitrogen and oxygen atoms in total. The fourth-order valence-electron chi connectivity index (χ4n) is 8.98.